The van der Waals surface area contributed by atoms with Crippen LogP contribution in [0.2, 0.25) is 10.0 Å². The van der Waals surface area contributed by atoms with Crippen molar-refractivity contribution in [3.05, 3.63) is 33.8 Å². The molecule has 6 heteroatoms. The fourth-order valence-electron chi connectivity index (χ4n) is 1.97. The predicted molar refractivity (Wildman–Crippen MR) is 85.4 cm³/mol. The van der Waals surface area contributed by atoms with Crippen LogP contribution in [-0.4, -0.2) is 29.8 Å². The van der Waals surface area contributed by atoms with Crippen molar-refractivity contribution in [3.63, 3.8) is 0 Å². The molecule has 1 aromatic rings. The number of nitrogens with one attached hydrogen (secondary N) is 1. The highest BCUT2D eigenvalue weighted by Gasteiger charge is 2.26. The minimum absolute atomic E-state index is 0.00122. The van der Waals surface area contributed by atoms with Gasteiger partial charge in [-0.1, -0.05) is 49.2 Å². The van der Waals surface area contributed by atoms with Crippen LogP contribution in [0, 0.1) is 5.92 Å². The lowest BCUT2D eigenvalue weighted by atomic mass is 10.0. The minimum atomic E-state index is -0.551. The average Bonchev–Trinajstić information content (AvgIpc) is 2.40. The van der Waals surface area contributed by atoms with Crippen LogP contribution in [-0.2, 0) is 16.1 Å². The van der Waals surface area contributed by atoms with Gasteiger partial charge in [-0.25, -0.2) is 0 Å². The second-order valence-corrected chi connectivity index (χ2v) is 6.11. The van der Waals surface area contributed by atoms with Crippen LogP contribution in [0.4, 0.5) is 0 Å². The highest BCUT2D eigenvalue weighted by Crippen LogP contribution is 2.26. The van der Waals surface area contributed by atoms with Gasteiger partial charge in [-0.15, -0.1) is 0 Å². The van der Waals surface area contributed by atoms with Gasteiger partial charge >= 0.3 is 0 Å². The summed E-state index contributed by atoms with van der Waals surface area (Å²) in [5, 5.41) is 3.58. The molecule has 0 fully saturated rings. The van der Waals surface area contributed by atoms with Crippen LogP contribution in [0.25, 0.3) is 0 Å². The molecular weight excluding hydrogens is 311 g/mol. The molecule has 4 nitrogen and oxygen atoms in total. The molecule has 0 unspecified atom stereocenters. The molecule has 0 heterocycles. The zero-order chi connectivity index (χ0) is 16.2. The van der Waals surface area contributed by atoms with Crippen LogP contribution in [0.5, 0.6) is 0 Å². The van der Waals surface area contributed by atoms with E-state index in [1.807, 2.05) is 19.9 Å². The number of likely N-dealkylation sites (N-methyl/N-ethyl adjacent to an activating group) is 1. The minimum Gasteiger partial charge on any atom is -0.344 e. The molecule has 1 rings (SSSR count). The molecule has 0 saturated carbocycles. The number of carbonyl (C=O) groups excluding carboxylic acids is 2. The van der Waals surface area contributed by atoms with Gasteiger partial charge in [-0.05, 0) is 17.5 Å². The average molecular weight is 331 g/mol. The first-order valence-electron chi connectivity index (χ1n) is 6.69. The third kappa shape index (κ3) is 4.90. The molecule has 1 aromatic carbocycles. The van der Waals surface area contributed by atoms with Gasteiger partial charge in [0.2, 0.25) is 11.8 Å². The second-order valence-electron chi connectivity index (χ2n) is 5.33. The van der Waals surface area contributed by atoms with Crippen molar-refractivity contribution >= 4 is 35.0 Å². The molecule has 0 aliphatic rings. The fourth-order valence-corrected chi connectivity index (χ4v) is 2.35. The zero-order valence-corrected chi connectivity index (χ0v) is 14.1. The molecule has 0 saturated heterocycles. The number of hydrogen-bond acceptors (Lipinski definition) is 2. The van der Waals surface area contributed by atoms with E-state index in [9.17, 15) is 9.59 Å². The Morgan fingerprint density at radius 1 is 1.29 bits per heavy atom. The standard InChI is InChI=1S/C15H20Cl2N2O2/c1-9(2)14(18-10(3)20)15(21)19(4)8-11-6-5-7-12(16)13(11)17/h5-7,9,14H,8H2,1-4H3,(H,18,20)/t14-/m1/s1. The number of halogens is 2. The summed E-state index contributed by atoms with van der Waals surface area (Å²) in [6.07, 6.45) is 0. The number of carbonyl (C=O) groups is 2. The molecule has 0 bridgehead atoms. The number of rotatable bonds is 5. The van der Waals surface area contributed by atoms with E-state index in [0.717, 1.165) is 5.56 Å². The third-order valence-electron chi connectivity index (χ3n) is 3.11. The number of amides is 2. The number of hydrogen-bond donors (Lipinski definition) is 1. The lowest BCUT2D eigenvalue weighted by Gasteiger charge is -2.27. The Bertz CT molecular complexity index is 532. The van der Waals surface area contributed by atoms with Crippen molar-refractivity contribution in [2.75, 3.05) is 7.05 Å². The molecule has 1 atom stereocenters. The van der Waals surface area contributed by atoms with Crippen molar-refractivity contribution in [1.29, 1.82) is 0 Å². The van der Waals surface area contributed by atoms with Crippen LogP contribution in [0.1, 0.15) is 26.3 Å². The summed E-state index contributed by atoms with van der Waals surface area (Å²) in [5.41, 5.74) is 0.769. The Morgan fingerprint density at radius 3 is 2.43 bits per heavy atom. The largest absolute Gasteiger partial charge is 0.344 e. The first-order valence-corrected chi connectivity index (χ1v) is 7.44. The summed E-state index contributed by atoms with van der Waals surface area (Å²) in [5.74, 6) is -0.383. The topological polar surface area (TPSA) is 49.4 Å². The SMILES string of the molecule is CC(=O)N[C@@H](C(=O)N(C)Cc1cccc(Cl)c1Cl)C(C)C. The maximum absolute atomic E-state index is 12.5. The Labute approximate surface area is 135 Å². The van der Waals surface area contributed by atoms with Crippen molar-refractivity contribution in [1.82, 2.24) is 10.2 Å². The summed E-state index contributed by atoms with van der Waals surface area (Å²) < 4.78 is 0. The fraction of sp³-hybridized carbons (Fsp3) is 0.467. The quantitative estimate of drug-likeness (QED) is 0.901. The van der Waals surface area contributed by atoms with Crippen molar-refractivity contribution in [2.24, 2.45) is 5.92 Å². The molecule has 0 aromatic heterocycles. The van der Waals surface area contributed by atoms with E-state index in [-0.39, 0.29) is 17.7 Å². The third-order valence-corrected chi connectivity index (χ3v) is 3.96. The Balaban J connectivity index is 2.86. The molecule has 0 aliphatic heterocycles. The Hall–Kier alpha value is -1.26. The van der Waals surface area contributed by atoms with Gasteiger partial charge in [0.15, 0.2) is 0 Å². The monoisotopic (exact) mass is 330 g/mol. The Kier molecular flexibility index (Phi) is 6.49. The molecular formula is C15H20Cl2N2O2. The molecule has 116 valence electrons. The summed E-state index contributed by atoms with van der Waals surface area (Å²) in [4.78, 5) is 25.2. The van der Waals surface area contributed by atoms with Crippen LogP contribution >= 0.6 is 23.2 Å². The first-order chi connectivity index (χ1) is 9.73. The molecule has 21 heavy (non-hydrogen) atoms. The number of benzene rings is 1. The smallest absolute Gasteiger partial charge is 0.245 e. The zero-order valence-electron chi connectivity index (χ0n) is 12.6. The lowest BCUT2D eigenvalue weighted by Crippen LogP contribution is -2.49. The van der Waals surface area contributed by atoms with Gasteiger partial charge < -0.3 is 10.2 Å². The molecule has 1 N–H and O–H groups in total. The first kappa shape index (κ1) is 17.8. The summed E-state index contributed by atoms with van der Waals surface area (Å²) in [7, 11) is 1.68. The molecule has 0 spiro atoms. The van der Waals surface area contributed by atoms with Crippen LogP contribution in [0.3, 0.4) is 0 Å². The van der Waals surface area contributed by atoms with Gasteiger partial charge in [0, 0.05) is 20.5 Å². The maximum atomic E-state index is 12.5. The van der Waals surface area contributed by atoms with Crippen molar-refractivity contribution in [3.8, 4) is 0 Å². The lowest BCUT2D eigenvalue weighted by molar-refractivity contribution is -0.136. The molecule has 0 aliphatic carbocycles. The van der Waals surface area contributed by atoms with Crippen LogP contribution in [0.15, 0.2) is 18.2 Å². The van der Waals surface area contributed by atoms with E-state index in [2.05, 4.69) is 5.32 Å². The van der Waals surface area contributed by atoms with Gasteiger partial charge in [-0.3, -0.25) is 9.59 Å². The summed E-state index contributed by atoms with van der Waals surface area (Å²) >= 11 is 12.1. The van der Waals surface area contributed by atoms with Gasteiger partial charge in [0.05, 0.1) is 10.0 Å². The second kappa shape index (κ2) is 7.66. The Morgan fingerprint density at radius 2 is 1.90 bits per heavy atom. The van der Waals surface area contributed by atoms with Crippen molar-refractivity contribution < 1.29 is 9.59 Å². The van der Waals surface area contributed by atoms with Crippen molar-refractivity contribution in [2.45, 2.75) is 33.4 Å². The van der Waals surface area contributed by atoms with E-state index in [1.165, 1.54) is 11.8 Å². The highest BCUT2D eigenvalue weighted by molar-refractivity contribution is 6.42. The summed E-state index contributed by atoms with van der Waals surface area (Å²) in [6.45, 7) is 5.51. The maximum Gasteiger partial charge on any atom is 0.245 e. The van der Waals surface area contributed by atoms with E-state index in [1.54, 1.807) is 19.2 Å². The van der Waals surface area contributed by atoms with E-state index in [0.29, 0.717) is 16.6 Å². The van der Waals surface area contributed by atoms with Gasteiger partial charge in [-0.2, -0.15) is 0 Å². The van der Waals surface area contributed by atoms with Gasteiger partial charge in [0.25, 0.3) is 0 Å². The molecule has 2 amide bonds. The highest BCUT2D eigenvalue weighted by atomic mass is 35.5. The normalized spacial score (nSPS) is 12.1. The number of nitrogens with zero attached hydrogens (tertiary/aromatic N) is 1. The summed E-state index contributed by atoms with van der Waals surface area (Å²) in [6, 6.07) is 4.75. The van der Waals surface area contributed by atoms with Crippen LogP contribution < -0.4 is 5.32 Å². The predicted octanol–water partition coefficient (Wildman–Crippen LogP) is 3.11. The molecule has 0 radical (unpaired) electrons. The van der Waals surface area contributed by atoms with E-state index >= 15 is 0 Å². The van der Waals surface area contributed by atoms with Gasteiger partial charge in [0.1, 0.15) is 6.04 Å². The van der Waals surface area contributed by atoms with E-state index in [4.69, 9.17) is 23.2 Å². The van der Waals surface area contributed by atoms with E-state index < -0.39 is 6.04 Å².